The van der Waals surface area contributed by atoms with E-state index in [2.05, 4.69) is 18.0 Å². The lowest BCUT2D eigenvalue weighted by atomic mass is 9.96. The van der Waals surface area contributed by atoms with Gasteiger partial charge in [-0.3, -0.25) is 14.2 Å². The van der Waals surface area contributed by atoms with E-state index in [0.717, 1.165) is 29.0 Å². The smallest absolute Gasteiger partial charge is 0.263 e. The van der Waals surface area contributed by atoms with Crippen LogP contribution in [0.4, 0.5) is 5.69 Å². The van der Waals surface area contributed by atoms with E-state index in [1.54, 1.807) is 11.3 Å². The molecular formula is C22H19N3O2S2. The number of fused-ring (bicyclic) bond motifs is 2. The molecule has 0 N–H and O–H groups in total. The first kappa shape index (κ1) is 18.3. The molecule has 0 bridgehead atoms. The van der Waals surface area contributed by atoms with Crippen LogP contribution in [0.3, 0.4) is 0 Å². The average molecular weight is 422 g/mol. The summed E-state index contributed by atoms with van der Waals surface area (Å²) >= 11 is 3.05. The van der Waals surface area contributed by atoms with Gasteiger partial charge in [-0.15, -0.1) is 22.7 Å². The molecule has 1 atom stereocenters. The summed E-state index contributed by atoms with van der Waals surface area (Å²) in [6, 6.07) is 12.1. The zero-order valence-corrected chi connectivity index (χ0v) is 17.5. The minimum Gasteiger partial charge on any atom is -0.308 e. The molecule has 0 radical (unpaired) electrons. The number of anilines is 1. The molecule has 1 aromatic carbocycles. The minimum absolute atomic E-state index is 0.0137. The third-order valence-corrected chi connectivity index (χ3v) is 7.23. The van der Waals surface area contributed by atoms with Crippen LogP contribution in [0.2, 0.25) is 0 Å². The summed E-state index contributed by atoms with van der Waals surface area (Å²) in [5.74, 6) is -0.0826. The SMILES string of the molecule is CC1CCc2ccccc2N1C(=O)Cn1cnc2scc(-c3cccs3)c2c1=O. The second kappa shape index (κ2) is 7.24. The van der Waals surface area contributed by atoms with E-state index in [9.17, 15) is 9.59 Å². The second-order valence-electron chi connectivity index (χ2n) is 7.26. The van der Waals surface area contributed by atoms with Gasteiger partial charge in [0.1, 0.15) is 11.4 Å². The maximum atomic E-state index is 13.2. The summed E-state index contributed by atoms with van der Waals surface area (Å²) in [5, 5.41) is 4.56. The Hall–Kier alpha value is -2.77. The Bertz CT molecular complexity index is 1260. The zero-order chi connectivity index (χ0) is 20.0. The standard InChI is InChI=1S/C22H19N3O2S2/c1-14-8-9-15-5-2-3-6-17(15)25(14)19(26)11-24-13-23-21-20(22(24)27)16(12-29-21)18-7-4-10-28-18/h2-7,10,12-14H,8-9,11H2,1H3. The summed E-state index contributed by atoms with van der Waals surface area (Å²) < 4.78 is 1.44. The molecule has 3 aromatic heterocycles. The molecule has 0 saturated heterocycles. The van der Waals surface area contributed by atoms with Crippen LogP contribution < -0.4 is 10.5 Å². The number of amides is 1. The molecule has 4 aromatic rings. The molecule has 5 rings (SSSR count). The van der Waals surface area contributed by atoms with Gasteiger partial charge in [-0.2, -0.15) is 0 Å². The van der Waals surface area contributed by atoms with E-state index in [0.29, 0.717) is 10.2 Å². The number of aryl methyl sites for hydroxylation is 1. The van der Waals surface area contributed by atoms with Crippen LogP contribution in [0.15, 0.2) is 58.3 Å². The molecule has 0 spiro atoms. The number of aromatic nitrogens is 2. The first-order valence-electron chi connectivity index (χ1n) is 9.54. The third kappa shape index (κ3) is 3.10. The molecule has 1 amide bonds. The van der Waals surface area contributed by atoms with Crippen LogP contribution in [0.25, 0.3) is 20.7 Å². The van der Waals surface area contributed by atoms with E-state index in [1.807, 2.05) is 46.0 Å². The van der Waals surface area contributed by atoms with Crippen LogP contribution >= 0.6 is 22.7 Å². The lowest BCUT2D eigenvalue weighted by Gasteiger charge is -2.35. The van der Waals surface area contributed by atoms with Gasteiger partial charge in [0.05, 0.1) is 11.7 Å². The minimum atomic E-state index is -0.161. The van der Waals surface area contributed by atoms with Crippen LogP contribution in [-0.2, 0) is 17.8 Å². The van der Waals surface area contributed by atoms with Crippen LogP contribution in [0, 0.1) is 0 Å². The molecule has 0 saturated carbocycles. The molecular weight excluding hydrogens is 402 g/mol. The molecule has 29 heavy (non-hydrogen) atoms. The number of nitrogens with zero attached hydrogens (tertiary/aromatic N) is 3. The number of thiophene rings is 2. The number of hydrogen-bond acceptors (Lipinski definition) is 5. The number of rotatable bonds is 3. The lowest BCUT2D eigenvalue weighted by molar-refractivity contribution is -0.119. The van der Waals surface area contributed by atoms with Gasteiger partial charge in [-0.1, -0.05) is 24.3 Å². The molecule has 1 unspecified atom stereocenters. The fraction of sp³-hybridized carbons (Fsp3) is 0.227. The Balaban J connectivity index is 1.53. The van der Waals surface area contributed by atoms with Crippen molar-refractivity contribution in [3.05, 3.63) is 69.4 Å². The van der Waals surface area contributed by atoms with Crippen LogP contribution in [0.5, 0.6) is 0 Å². The van der Waals surface area contributed by atoms with Gasteiger partial charge in [0, 0.05) is 27.5 Å². The fourth-order valence-electron chi connectivity index (χ4n) is 3.98. The van der Waals surface area contributed by atoms with Crippen molar-refractivity contribution in [1.29, 1.82) is 0 Å². The molecule has 146 valence electrons. The number of carbonyl (C=O) groups is 1. The summed E-state index contributed by atoms with van der Waals surface area (Å²) in [5.41, 5.74) is 2.87. The van der Waals surface area contributed by atoms with Gasteiger partial charge in [0.2, 0.25) is 5.91 Å². The summed E-state index contributed by atoms with van der Waals surface area (Å²) in [4.78, 5) is 34.5. The number of carbonyl (C=O) groups excluding carboxylic acids is 1. The Morgan fingerprint density at radius 3 is 2.90 bits per heavy atom. The normalized spacial score (nSPS) is 16.2. The predicted molar refractivity (Wildman–Crippen MR) is 119 cm³/mol. The zero-order valence-electron chi connectivity index (χ0n) is 15.9. The maximum absolute atomic E-state index is 13.2. The van der Waals surface area contributed by atoms with Gasteiger partial charge in [-0.05, 0) is 42.8 Å². The van der Waals surface area contributed by atoms with E-state index in [-0.39, 0.29) is 24.1 Å². The largest absolute Gasteiger partial charge is 0.308 e. The summed E-state index contributed by atoms with van der Waals surface area (Å²) in [6.07, 6.45) is 3.38. The highest BCUT2D eigenvalue weighted by molar-refractivity contribution is 7.18. The Kier molecular flexibility index (Phi) is 4.56. The quantitative estimate of drug-likeness (QED) is 0.487. The Morgan fingerprint density at radius 2 is 2.07 bits per heavy atom. The first-order chi connectivity index (χ1) is 14.1. The molecule has 1 aliphatic heterocycles. The highest BCUT2D eigenvalue weighted by Gasteiger charge is 2.28. The van der Waals surface area contributed by atoms with E-state index in [4.69, 9.17) is 0 Å². The number of para-hydroxylation sites is 1. The van der Waals surface area contributed by atoms with Gasteiger partial charge in [-0.25, -0.2) is 4.98 Å². The molecule has 5 nitrogen and oxygen atoms in total. The van der Waals surface area contributed by atoms with Crippen LogP contribution in [-0.4, -0.2) is 21.5 Å². The Morgan fingerprint density at radius 1 is 1.21 bits per heavy atom. The van der Waals surface area contributed by atoms with Crippen molar-refractivity contribution in [1.82, 2.24) is 9.55 Å². The monoisotopic (exact) mass is 421 g/mol. The third-order valence-electron chi connectivity index (χ3n) is 5.45. The van der Waals surface area contributed by atoms with Crippen molar-refractivity contribution >= 4 is 44.5 Å². The number of hydrogen-bond donors (Lipinski definition) is 0. The van der Waals surface area contributed by atoms with Gasteiger partial charge in [0.15, 0.2) is 0 Å². The van der Waals surface area contributed by atoms with Crippen molar-refractivity contribution in [2.45, 2.75) is 32.4 Å². The van der Waals surface area contributed by atoms with Crippen molar-refractivity contribution < 1.29 is 4.79 Å². The molecule has 1 aliphatic rings. The topological polar surface area (TPSA) is 55.2 Å². The fourth-order valence-corrected chi connectivity index (χ4v) is 5.70. The average Bonchev–Trinajstić information content (AvgIpc) is 3.39. The predicted octanol–water partition coefficient (Wildman–Crippen LogP) is 4.55. The van der Waals surface area contributed by atoms with Crippen LogP contribution in [0.1, 0.15) is 18.9 Å². The van der Waals surface area contributed by atoms with Crippen molar-refractivity contribution in [3.63, 3.8) is 0 Å². The van der Waals surface area contributed by atoms with Gasteiger partial charge < -0.3 is 4.90 Å². The van der Waals surface area contributed by atoms with Gasteiger partial charge in [0.25, 0.3) is 5.56 Å². The molecule has 4 heterocycles. The van der Waals surface area contributed by atoms with Crippen molar-refractivity contribution in [2.75, 3.05) is 4.90 Å². The highest BCUT2D eigenvalue weighted by atomic mass is 32.1. The number of benzene rings is 1. The van der Waals surface area contributed by atoms with E-state index in [1.165, 1.54) is 27.8 Å². The molecule has 0 fully saturated rings. The second-order valence-corrected chi connectivity index (χ2v) is 9.07. The van der Waals surface area contributed by atoms with Crippen molar-refractivity contribution in [3.8, 4) is 10.4 Å². The van der Waals surface area contributed by atoms with Crippen molar-refractivity contribution in [2.24, 2.45) is 0 Å². The lowest BCUT2D eigenvalue weighted by Crippen LogP contribution is -2.44. The first-order valence-corrected chi connectivity index (χ1v) is 11.3. The van der Waals surface area contributed by atoms with Gasteiger partial charge >= 0.3 is 0 Å². The van der Waals surface area contributed by atoms with E-state index < -0.39 is 0 Å². The van der Waals surface area contributed by atoms with E-state index >= 15 is 0 Å². The Labute approximate surface area is 175 Å². The molecule has 0 aliphatic carbocycles. The highest BCUT2D eigenvalue weighted by Crippen LogP contribution is 2.34. The molecule has 7 heteroatoms. The summed E-state index contributed by atoms with van der Waals surface area (Å²) in [7, 11) is 0. The maximum Gasteiger partial charge on any atom is 0.263 e. The summed E-state index contributed by atoms with van der Waals surface area (Å²) in [6.45, 7) is 2.05.